The molecule has 4 nitrogen and oxygen atoms in total. The first kappa shape index (κ1) is 20.8. The van der Waals surface area contributed by atoms with Crippen molar-refractivity contribution in [2.24, 2.45) is 11.3 Å². The van der Waals surface area contributed by atoms with Gasteiger partial charge in [-0.25, -0.2) is 0 Å². The molecule has 2 atom stereocenters. The summed E-state index contributed by atoms with van der Waals surface area (Å²) in [4.78, 5) is 11.9. The van der Waals surface area contributed by atoms with Crippen molar-refractivity contribution in [1.29, 1.82) is 5.26 Å². The fourth-order valence-electron chi connectivity index (χ4n) is 2.88. The lowest BCUT2D eigenvalue weighted by atomic mass is 9.66. The van der Waals surface area contributed by atoms with Crippen LogP contribution in [0, 0.1) is 22.7 Å². The molecule has 0 amide bonds. The molecule has 24 heavy (non-hydrogen) atoms. The van der Waals surface area contributed by atoms with Crippen LogP contribution in [0.5, 0.6) is 0 Å². The standard InChI is InChI=1S/C19H33NO3Si/c1-7-22-17(21)14-16-10-8-9-11-19(16,15-20)12-13-23-24(5,6)18(2,3)4/h12-13,16H,7-11,14H2,1-6H3/b13-12+. The van der Waals surface area contributed by atoms with Crippen molar-refractivity contribution in [2.75, 3.05) is 6.61 Å². The van der Waals surface area contributed by atoms with E-state index < -0.39 is 13.7 Å². The van der Waals surface area contributed by atoms with E-state index in [0.717, 1.165) is 25.7 Å². The molecule has 1 fully saturated rings. The van der Waals surface area contributed by atoms with Gasteiger partial charge in [0.05, 0.1) is 30.8 Å². The Morgan fingerprint density at radius 2 is 2.04 bits per heavy atom. The number of hydrogen-bond acceptors (Lipinski definition) is 4. The zero-order chi connectivity index (χ0) is 18.4. The molecule has 0 aromatic carbocycles. The van der Waals surface area contributed by atoms with E-state index in [1.165, 1.54) is 0 Å². The van der Waals surface area contributed by atoms with Crippen LogP contribution in [0.3, 0.4) is 0 Å². The van der Waals surface area contributed by atoms with E-state index in [4.69, 9.17) is 9.16 Å². The van der Waals surface area contributed by atoms with E-state index in [2.05, 4.69) is 39.9 Å². The van der Waals surface area contributed by atoms with Gasteiger partial charge in [-0.2, -0.15) is 5.26 Å². The molecule has 0 aliphatic heterocycles. The van der Waals surface area contributed by atoms with Crippen molar-refractivity contribution < 1.29 is 14.0 Å². The minimum absolute atomic E-state index is 0.00886. The molecule has 0 radical (unpaired) electrons. The van der Waals surface area contributed by atoms with Gasteiger partial charge >= 0.3 is 5.97 Å². The molecule has 5 heteroatoms. The second-order valence-electron chi connectivity index (χ2n) is 8.28. The van der Waals surface area contributed by atoms with Crippen LogP contribution in [0.2, 0.25) is 18.1 Å². The number of rotatable bonds is 6. The highest BCUT2D eigenvalue weighted by atomic mass is 28.4. The number of hydrogen-bond donors (Lipinski definition) is 0. The summed E-state index contributed by atoms with van der Waals surface area (Å²) in [7, 11) is -1.89. The van der Waals surface area contributed by atoms with Gasteiger partial charge in [-0.3, -0.25) is 4.79 Å². The highest BCUT2D eigenvalue weighted by Crippen LogP contribution is 2.44. The SMILES string of the molecule is CCOC(=O)CC1CCCCC1(C#N)/C=C/O[Si](C)(C)C(C)(C)C. The van der Waals surface area contributed by atoms with E-state index in [1.54, 1.807) is 6.26 Å². The van der Waals surface area contributed by atoms with Gasteiger partial charge in [-0.05, 0) is 49.9 Å². The van der Waals surface area contributed by atoms with Crippen molar-refractivity contribution in [3.05, 3.63) is 12.3 Å². The number of esters is 1. The number of allylic oxidation sites excluding steroid dienone is 1. The minimum atomic E-state index is -1.89. The summed E-state index contributed by atoms with van der Waals surface area (Å²) in [5.41, 5.74) is -0.618. The molecule has 136 valence electrons. The summed E-state index contributed by atoms with van der Waals surface area (Å²) in [5.74, 6) is -0.197. The van der Waals surface area contributed by atoms with Crippen LogP contribution in [-0.4, -0.2) is 20.9 Å². The van der Waals surface area contributed by atoms with E-state index in [-0.39, 0.29) is 16.9 Å². The molecule has 0 heterocycles. The second-order valence-corrected chi connectivity index (χ2v) is 13.0. The fraction of sp³-hybridized carbons (Fsp3) is 0.789. The summed E-state index contributed by atoms with van der Waals surface area (Å²) in [6, 6.07) is 2.48. The molecule has 1 saturated carbocycles. The second kappa shape index (κ2) is 8.20. The Morgan fingerprint density at radius 1 is 1.38 bits per heavy atom. The number of nitrogens with zero attached hydrogens (tertiary/aromatic N) is 1. The lowest BCUT2D eigenvalue weighted by Crippen LogP contribution is -2.39. The van der Waals surface area contributed by atoms with Crippen molar-refractivity contribution in [2.45, 2.75) is 77.9 Å². The quantitative estimate of drug-likeness (QED) is 0.376. The normalized spacial score (nSPS) is 25.3. The summed E-state index contributed by atoms with van der Waals surface area (Å²) in [5, 5.41) is 9.97. The van der Waals surface area contributed by atoms with Gasteiger partial charge in [0.15, 0.2) is 0 Å². The molecular weight excluding hydrogens is 318 g/mol. The van der Waals surface area contributed by atoms with Gasteiger partial charge in [0.1, 0.15) is 0 Å². The Hall–Kier alpha value is -1.28. The largest absolute Gasteiger partial charge is 0.549 e. The molecule has 0 spiro atoms. The average molecular weight is 352 g/mol. The monoisotopic (exact) mass is 351 g/mol. The van der Waals surface area contributed by atoms with Crippen LogP contribution in [-0.2, 0) is 14.0 Å². The molecule has 0 aromatic heterocycles. The topological polar surface area (TPSA) is 59.3 Å². The third-order valence-electron chi connectivity index (χ3n) is 5.58. The van der Waals surface area contributed by atoms with E-state index in [9.17, 15) is 10.1 Å². The highest BCUT2D eigenvalue weighted by Gasteiger charge is 2.42. The van der Waals surface area contributed by atoms with Gasteiger partial charge in [0.2, 0.25) is 8.32 Å². The molecule has 2 unspecified atom stereocenters. The van der Waals surface area contributed by atoms with Crippen molar-refractivity contribution in [1.82, 2.24) is 0 Å². The Kier molecular flexibility index (Phi) is 7.09. The van der Waals surface area contributed by atoms with Crippen molar-refractivity contribution in [3.63, 3.8) is 0 Å². The molecule has 0 N–H and O–H groups in total. The summed E-state index contributed by atoms with van der Waals surface area (Å²) >= 11 is 0. The first-order valence-electron chi connectivity index (χ1n) is 9.00. The van der Waals surface area contributed by atoms with Gasteiger partial charge in [0, 0.05) is 0 Å². The third kappa shape index (κ3) is 5.11. The number of nitriles is 1. The Morgan fingerprint density at radius 3 is 2.58 bits per heavy atom. The zero-order valence-corrected chi connectivity index (χ0v) is 17.1. The zero-order valence-electron chi connectivity index (χ0n) is 16.1. The maximum atomic E-state index is 11.9. The van der Waals surface area contributed by atoms with Gasteiger partial charge in [0.25, 0.3) is 0 Å². The maximum Gasteiger partial charge on any atom is 0.306 e. The summed E-state index contributed by atoms with van der Waals surface area (Å²) in [6.45, 7) is 13.1. The Labute approximate surface area is 148 Å². The molecule has 0 aromatic rings. The van der Waals surface area contributed by atoms with Crippen LogP contribution >= 0.6 is 0 Å². The summed E-state index contributed by atoms with van der Waals surface area (Å²) in [6.07, 6.45) is 7.70. The Balaban J connectivity index is 2.90. The van der Waals surface area contributed by atoms with Crippen molar-refractivity contribution in [3.8, 4) is 6.07 Å². The molecule has 1 aliphatic carbocycles. The van der Waals surface area contributed by atoms with Crippen LogP contribution in [0.15, 0.2) is 12.3 Å². The minimum Gasteiger partial charge on any atom is -0.549 e. The number of carbonyl (C=O) groups is 1. The van der Waals surface area contributed by atoms with Gasteiger partial charge < -0.3 is 9.16 Å². The van der Waals surface area contributed by atoms with Crippen LogP contribution < -0.4 is 0 Å². The fourth-order valence-corrected chi connectivity index (χ4v) is 3.64. The lowest BCUT2D eigenvalue weighted by Gasteiger charge is -2.38. The third-order valence-corrected chi connectivity index (χ3v) is 9.92. The summed E-state index contributed by atoms with van der Waals surface area (Å²) < 4.78 is 11.2. The van der Waals surface area contributed by atoms with Crippen molar-refractivity contribution >= 4 is 14.3 Å². The van der Waals surface area contributed by atoms with E-state index in [1.807, 2.05) is 13.0 Å². The lowest BCUT2D eigenvalue weighted by molar-refractivity contribution is -0.145. The molecule has 1 aliphatic rings. The van der Waals surface area contributed by atoms with E-state index in [0.29, 0.717) is 13.0 Å². The van der Waals surface area contributed by atoms with E-state index >= 15 is 0 Å². The number of carbonyl (C=O) groups excluding carboxylic acids is 1. The predicted octanol–water partition coefficient (Wildman–Crippen LogP) is 5.18. The van der Waals surface area contributed by atoms with Gasteiger partial charge in [-0.1, -0.05) is 33.6 Å². The molecular formula is C19H33NO3Si. The van der Waals surface area contributed by atoms with Crippen LogP contribution in [0.1, 0.15) is 59.8 Å². The molecule has 0 bridgehead atoms. The molecule has 1 rings (SSSR count). The first-order valence-corrected chi connectivity index (χ1v) is 11.9. The van der Waals surface area contributed by atoms with Gasteiger partial charge in [-0.15, -0.1) is 0 Å². The molecule has 0 saturated heterocycles. The highest BCUT2D eigenvalue weighted by molar-refractivity contribution is 6.74. The predicted molar refractivity (Wildman–Crippen MR) is 98.7 cm³/mol. The smallest absolute Gasteiger partial charge is 0.306 e. The number of ether oxygens (including phenoxy) is 1. The van der Waals surface area contributed by atoms with Crippen LogP contribution in [0.25, 0.3) is 0 Å². The first-order chi connectivity index (χ1) is 11.1. The van der Waals surface area contributed by atoms with Crippen LogP contribution in [0.4, 0.5) is 0 Å². The maximum absolute atomic E-state index is 11.9. The average Bonchev–Trinajstić information content (AvgIpc) is 2.48. The Bertz CT molecular complexity index is 502.